The number of aryl methyl sites for hydroxylation is 1. The van der Waals surface area contributed by atoms with E-state index in [-0.39, 0.29) is 42.7 Å². The normalized spacial score (nSPS) is 18.2. The van der Waals surface area contributed by atoms with Gasteiger partial charge in [0.15, 0.2) is 5.82 Å². The number of halogens is 3. The number of fused-ring (bicyclic) bond motifs is 2. The first-order valence-corrected chi connectivity index (χ1v) is 13.4. The van der Waals surface area contributed by atoms with Gasteiger partial charge in [0, 0.05) is 42.9 Å². The lowest BCUT2D eigenvalue weighted by Gasteiger charge is -2.29. The summed E-state index contributed by atoms with van der Waals surface area (Å²) in [6.45, 7) is 8.25. The predicted octanol–water partition coefficient (Wildman–Crippen LogP) is 4.16. The van der Waals surface area contributed by atoms with Crippen LogP contribution in [-0.4, -0.2) is 61.8 Å². The molecule has 1 atom stereocenters. The average molecular weight is 538 g/mol. The highest BCUT2D eigenvalue weighted by Crippen LogP contribution is 2.36. The molecule has 1 saturated heterocycles. The van der Waals surface area contributed by atoms with E-state index in [0.717, 1.165) is 40.6 Å². The molecule has 1 fully saturated rings. The molecule has 0 saturated carbocycles. The molecule has 5 rings (SSSR count). The van der Waals surface area contributed by atoms with Crippen LogP contribution in [0.2, 0.25) is 0 Å². The standard InChI is InChI=1S/C24H30F3N7O2S/c1-4-5-16-10-17-19(32-8-9-34-18(12-32)30-31-22(34)24(25,26)27)28-23(29-20(17)37-16)36-13-15-6-7-33(11-15)21(35)14(2)3/h10,14-15H,4-9,11-13H2,1-3H3/t15-/m1/s1. The molecule has 3 aromatic rings. The lowest BCUT2D eigenvalue weighted by atomic mass is 10.1. The Bertz CT molecular complexity index is 1290. The van der Waals surface area contributed by atoms with Crippen LogP contribution in [0.4, 0.5) is 19.0 Å². The van der Waals surface area contributed by atoms with Gasteiger partial charge in [0.25, 0.3) is 0 Å². The Morgan fingerprint density at radius 3 is 2.76 bits per heavy atom. The summed E-state index contributed by atoms with van der Waals surface area (Å²) in [5, 5.41) is 8.05. The van der Waals surface area contributed by atoms with Gasteiger partial charge < -0.3 is 19.1 Å². The van der Waals surface area contributed by atoms with E-state index < -0.39 is 12.0 Å². The van der Waals surface area contributed by atoms with E-state index in [0.29, 0.717) is 25.5 Å². The van der Waals surface area contributed by atoms with Crippen LogP contribution in [0.1, 0.15) is 50.1 Å². The number of likely N-dealkylation sites (tertiary alicyclic amines) is 1. The predicted molar refractivity (Wildman–Crippen MR) is 133 cm³/mol. The van der Waals surface area contributed by atoms with Gasteiger partial charge in [-0.1, -0.05) is 27.2 Å². The molecular formula is C24H30F3N7O2S. The van der Waals surface area contributed by atoms with Gasteiger partial charge in [0.2, 0.25) is 11.7 Å². The van der Waals surface area contributed by atoms with Crippen molar-refractivity contribution in [2.45, 2.75) is 59.3 Å². The zero-order valence-electron chi connectivity index (χ0n) is 21.1. The number of aromatic nitrogens is 5. The number of ether oxygens (including phenoxy) is 1. The molecule has 0 spiro atoms. The Hall–Kier alpha value is -2.96. The van der Waals surface area contributed by atoms with Crippen LogP contribution in [0.25, 0.3) is 10.2 Å². The third kappa shape index (κ3) is 5.23. The topological polar surface area (TPSA) is 89.3 Å². The molecule has 0 N–H and O–H groups in total. The zero-order valence-corrected chi connectivity index (χ0v) is 21.9. The Morgan fingerprint density at radius 2 is 2.03 bits per heavy atom. The van der Waals surface area contributed by atoms with Crippen LogP contribution >= 0.6 is 11.3 Å². The third-order valence-corrected chi connectivity index (χ3v) is 7.83. The Morgan fingerprint density at radius 1 is 1.22 bits per heavy atom. The fourth-order valence-corrected chi connectivity index (χ4v) is 6.00. The molecule has 5 heterocycles. The number of thiophene rings is 1. The van der Waals surface area contributed by atoms with Gasteiger partial charge in [0.05, 0.1) is 18.5 Å². The van der Waals surface area contributed by atoms with Crippen LogP contribution in [0.3, 0.4) is 0 Å². The van der Waals surface area contributed by atoms with E-state index >= 15 is 0 Å². The maximum absolute atomic E-state index is 13.3. The van der Waals surface area contributed by atoms with Crippen molar-refractivity contribution in [1.82, 2.24) is 29.6 Å². The average Bonchev–Trinajstić information content (AvgIpc) is 3.58. The molecule has 200 valence electrons. The highest BCUT2D eigenvalue weighted by Gasteiger charge is 2.40. The van der Waals surface area contributed by atoms with Crippen molar-refractivity contribution in [2.75, 3.05) is 31.1 Å². The molecule has 3 aromatic heterocycles. The summed E-state index contributed by atoms with van der Waals surface area (Å²) in [5.41, 5.74) is 0. The Balaban J connectivity index is 1.38. The largest absolute Gasteiger partial charge is 0.463 e. The maximum atomic E-state index is 13.3. The fraction of sp³-hybridized carbons (Fsp3) is 0.625. The second kappa shape index (κ2) is 10.1. The van der Waals surface area contributed by atoms with Crippen molar-refractivity contribution in [3.05, 3.63) is 22.6 Å². The van der Waals surface area contributed by atoms with Crippen molar-refractivity contribution < 1.29 is 22.7 Å². The van der Waals surface area contributed by atoms with E-state index in [9.17, 15) is 18.0 Å². The number of amides is 1. The van der Waals surface area contributed by atoms with Crippen LogP contribution in [-0.2, 0) is 30.5 Å². The Labute approximate surface area is 216 Å². The van der Waals surface area contributed by atoms with Crippen LogP contribution < -0.4 is 9.64 Å². The molecular weight excluding hydrogens is 507 g/mol. The van der Waals surface area contributed by atoms with Crippen LogP contribution in [0, 0.1) is 11.8 Å². The molecule has 0 aliphatic carbocycles. The first-order chi connectivity index (χ1) is 17.6. The van der Waals surface area contributed by atoms with Crippen molar-refractivity contribution in [2.24, 2.45) is 11.8 Å². The molecule has 0 aromatic carbocycles. The van der Waals surface area contributed by atoms with Gasteiger partial charge in [0.1, 0.15) is 10.6 Å². The number of anilines is 1. The highest BCUT2D eigenvalue weighted by molar-refractivity contribution is 7.18. The SMILES string of the molecule is CCCc1cc2c(N3CCn4c(nnc4C(F)(F)F)C3)nc(OC[C@@H]3CCN(C(=O)C(C)C)C3)nc2s1. The summed E-state index contributed by atoms with van der Waals surface area (Å²) in [6.07, 6.45) is -1.80. The number of carbonyl (C=O) groups is 1. The Kier molecular flexibility index (Phi) is 6.99. The summed E-state index contributed by atoms with van der Waals surface area (Å²) in [4.78, 5) is 27.4. The van der Waals surface area contributed by atoms with E-state index in [1.165, 1.54) is 4.88 Å². The molecule has 37 heavy (non-hydrogen) atoms. The number of rotatable bonds is 7. The molecule has 9 nitrogen and oxygen atoms in total. The summed E-state index contributed by atoms with van der Waals surface area (Å²) in [7, 11) is 0. The summed E-state index contributed by atoms with van der Waals surface area (Å²) in [5.74, 6) is 0.213. The summed E-state index contributed by atoms with van der Waals surface area (Å²) >= 11 is 1.58. The van der Waals surface area contributed by atoms with E-state index in [1.807, 2.05) is 23.6 Å². The molecule has 0 unspecified atom stereocenters. The number of nitrogens with zero attached hydrogens (tertiary/aromatic N) is 7. The van der Waals surface area contributed by atoms with Crippen LogP contribution in [0.5, 0.6) is 6.01 Å². The summed E-state index contributed by atoms with van der Waals surface area (Å²) < 4.78 is 47.1. The van der Waals surface area contributed by atoms with Crippen molar-refractivity contribution in [3.63, 3.8) is 0 Å². The van der Waals surface area contributed by atoms with Gasteiger partial charge in [-0.25, -0.2) is 0 Å². The van der Waals surface area contributed by atoms with Gasteiger partial charge in [-0.3, -0.25) is 4.79 Å². The highest BCUT2D eigenvalue weighted by atomic mass is 32.1. The molecule has 13 heteroatoms. The number of hydrogen-bond donors (Lipinski definition) is 0. The fourth-order valence-electron chi connectivity index (χ4n) is 4.89. The zero-order chi connectivity index (χ0) is 26.3. The lowest BCUT2D eigenvalue weighted by Crippen LogP contribution is -2.36. The summed E-state index contributed by atoms with van der Waals surface area (Å²) in [6, 6.07) is 2.30. The van der Waals surface area contributed by atoms with Gasteiger partial charge in [-0.05, 0) is 18.9 Å². The molecule has 0 radical (unpaired) electrons. The number of carbonyl (C=O) groups excluding carboxylic acids is 1. The molecule has 1 amide bonds. The second-order valence-electron chi connectivity index (χ2n) is 9.93. The van der Waals surface area contributed by atoms with E-state index in [2.05, 4.69) is 28.2 Å². The van der Waals surface area contributed by atoms with E-state index in [4.69, 9.17) is 9.72 Å². The minimum Gasteiger partial charge on any atom is -0.463 e. The first-order valence-electron chi connectivity index (χ1n) is 12.6. The molecule has 2 aliphatic heterocycles. The van der Waals surface area contributed by atoms with Crippen molar-refractivity contribution >= 4 is 33.3 Å². The maximum Gasteiger partial charge on any atom is 0.451 e. The molecule has 0 bridgehead atoms. The molecule has 2 aliphatic rings. The second-order valence-corrected chi connectivity index (χ2v) is 11.0. The van der Waals surface area contributed by atoms with Gasteiger partial charge >= 0.3 is 12.2 Å². The minimum absolute atomic E-state index is 0.0355. The third-order valence-electron chi connectivity index (χ3n) is 6.75. The monoisotopic (exact) mass is 537 g/mol. The minimum atomic E-state index is -4.55. The van der Waals surface area contributed by atoms with E-state index in [1.54, 1.807) is 11.3 Å². The lowest BCUT2D eigenvalue weighted by molar-refractivity contribution is -0.147. The van der Waals surface area contributed by atoms with Crippen molar-refractivity contribution in [1.29, 1.82) is 0 Å². The van der Waals surface area contributed by atoms with Gasteiger partial charge in [-0.2, -0.15) is 23.1 Å². The first kappa shape index (κ1) is 25.7. The number of alkyl halides is 3. The van der Waals surface area contributed by atoms with Gasteiger partial charge in [-0.15, -0.1) is 21.5 Å². The smallest absolute Gasteiger partial charge is 0.451 e. The number of hydrogen-bond acceptors (Lipinski definition) is 8. The quantitative estimate of drug-likeness (QED) is 0.447. The van der Waals surface area contributed by atoms with Crippen LogP contribution in [0.15, 0.2) is 6.07 Å². The van der Waals surface area contributed by atoms with Crippen molar-refractivity contribution in [3.8, 4) is 6.01 Å².